The molecule has 0 aliphatic carbocycles. The third-order valence-corrected chi connectivity index (χ3v) is 4.29. The molecule has 3 rings (SSSR count). The first-order valence-electron chi connectivity index (χ1n) is 9.26. The van der Waals surface area contributed by atoms with Gasteiger partial charge in [0.25, 0.3) is 0 Å². The highest BCUT2D eigenvalue weighted by Gasteiger charge is 2.06. The monoisotopic (exact) mass is 362 g/mol. The molecule has 1 atom stereocenters. The Hall–Kier alpha value is -3.15. The second-order valence-electron chi connectivity index (χ2n) is 6.38. The van der Waals surface area contributed by atoms with Crippen LogP contribution in [0.5, 0.6) is 0 Å². The molecule has 0 amide bonds. The summed E-state index contributed by atoms with van der Waals surface area (Å²) >= 11 is 0. The van der Waals surface area contributed by atoms with Crippen LogP contribution in [0.25, 0.3) is 5.82 Å². The molecular weight excluding hydrogens is 336 g/mol. The van der Waals surface area contributed by atoms with Gasteiger partial charge in [-0.2, -0.15) is 0 Å². The first kappa shape index (κ1) is 18.6. The van der Waals surface area contributed by atoms with Crippen LogP contribution in [0.3, 0.4) is 0 Å². The number of nitrogens with zero attached hydrogens (tertiary/aromatic N) is 4. The van der Waals surface area contributed by atoms with E-state index in [0.29, 0.717) is 12.5 Å². The molecule has 0 aliphatic heterocycles. The summed E-state index contributed by atoms with van der Waals surface area (Å²) in [6.45, 7) is 6.51. The van der Waals surface area contributed by atoms with Crippen molar-refractivity contribution in [2.45, 2.75) is 26.3 Å². The van der Waals surface area contributed by atoms with Crippen molar-refractivity contribution in [3.8, 4) is 5.82 Å². The molecule has 1 aromatic carbocycles. The molecule has 0 fully saturated rings. The Labute approximate surface area is 160 Å². The van der Waals surface area contributed by atoms with Crippen LogP contribution in [-0.4, -0.2) is 33.6 Å². The van der Waals surface area contributed by atoms with Crippen LogP contribution in [0.1, 0.15) is 30.9 Å². The zero-order valence-corrected chi connectivity index (χ0v) is 15.8. The highest BCUT2D eigenvalue weighted by molar-refractivity contribution is 5.79. The van der Waals surface area contributed by atoms with Crippen molar-refractivity contribution in [2.75, 3.05) is 13.1 Å². The minimum absolute atomic E-state index is 0.409. The van der Waals surface area contributed by atoms with Gasteiger partial charge in [-0.15, -0.1) is 0 Å². The van der Waals surface area contributed by atoms with Crippen molar-refractivity contribution in [3.63, 3.8) is 0 Å². The van der Waals surface area contributed by atoms with E-state index in [1.165, 1.54) is 5.56 Å². The number of pyridine rings is 1. The van der Waals surface area contributed by atoms with Crippen LogP contribution in [-0.2, 0) is 6.54 Å². The van der Waals surface area contributed by atoms with Gasteiger partial charge in [0, 0.05) is 31.7 Å². The van der Waals surface area contributed by atoms with E-state index in [4.69, 9.17) is 0 Å². The van der Waals surface area contributed by atoms with Gasteiger partial charge in [-0.3, -0.25) is 4.57 Å². The minimum Gasteiger partial charge on any atom is -0.357 e. The lowest BCUT2D eigenvalue weighted by Crippen LogP contribution is -2.39. The summed E-state index contributed by atoms with van der Waals surface area (Å²) in [6.07, 6.45) is 7.21. The van der Waals surface area contributed by atoms with E-state index < -0.39 is 0 Å². The third kappa shape index (κ3) is 5.41. The van der Waals surface area contributed by atoms with Crippen molar-refractivity contribution < 1.29 is 0 Å². The summed E-state index contributed by atoms with van der Waals surface area (Å²) in [6, 6.07) is 14.5. The molecule has 6 nitrogen and oxygen atoms in total. The number of hydrogen-bond acceptors (Lipinski definition) is 3. The van der Waals surface area contributed by atoms with E-state index in [2.05, 4.69) is 63.7 Å². The molecule has 2 N–H and O–H groups in total. The van der Waals surface area contributed by atoms with Crippen LogP contribution in [0, 0.1) is 0 Å². The number of aliphatic imine (C=N–C) groups is 1. The maximum atomic E-state index is 4.68. The molecule has 140 valence electrons. The molecule has 1 unspecified atom stereocenters. The van der Waals surface area contributed by atoms with E-state index in [-0.39, 0.29) is 0 Å². The van der Waals surface area contributed by atoms with Crippen molar-refractivity contribution in [1.82, 2.24) is 25.2 Å². The Bertz CT molecular complexity index is 825. The summed E-state index contributed by atoms with van der Waals surface area (Å²) in [5, 5.41) is 6.73. The fraction of sp³-hybridized carbons (Fsp3) is 0.286. The number of hydrogen-bond donors (Lipinski definition) is 2. The quantitative estimate of drug-likeness (QED) is 0.501. The molecule has 0 bridgehead atoms. The molecule has 0 spiro atoms. The van der Waals surface area contributed by atoms with Crippen molar-refractivity contribution in [3.05, 3.63) is 78.5 Å². The van der Waals surface area contributed by atoms with Gasteiger partial charge >= 0.3 is 0 Å². The largest absolute Gasteiger partial charge is 0.357 e. The molecule has 0 radical (unpaired) electrons. The van der Waals surface area contributed by atoms with Gasteiger partial charge in [0.15, 0.2) is 5.96 Å². The van der Waals surface area contributed by atoms with Gasteiger partial charge in [-0.1, -0.05) is 43.3 Å². The number of rotatable bonds is 7. The Morgan fingerprint density at radius 1 is 1.15 bits per heavy atom. The summed E-state index contributed by atoms with van der Waals surface area (Å²) in [5.41, 5.74) is 2.38. The number of nitrogens with one attached hydrogen (secondary N) is 2. The predicted octanol–water partition coefficient (Wildman–Crippen LogP) is 3.13. The van der Waals surface area contributed by atoms with Crippen molar-refractivity contribution >= 4 is 5.96 Å². The molecule has 6 heteroatoms. The van der Waals surface area contributed by atoms with Crippen molar-refractivity contribution in [2.24, 2.45) is 4.99 Å². The topological polar surface area (TPSA) is 67.1 Å². The average molecular weight is 362 g/mol. The minimum atomic E-state index is 0.409. The van der Waals surface area contributed by atoms with Crippen LogP contribution >= 0.6 is 0 Å². The van der Waals surface area contributed by atoms with Crippen molar-refractivity contribution in [1.29, 1.82) is 0 Å². The van der Waals surface area contributed by atoms with Gasteiger partial charge in [-0.25, -0.2) is 15.0 Å². The van der Waals surface area contributed by atoms with Gasteiger partial charge in [0.1, 0.15) is 12.1 Å². The summed E-state index contributed by atoms with van der Waals surface area (Å²) in [5.74, 6) is 2.08. The second kappa shape index (κ2) is 9.52. The van der Waals surface area contributed by atoms with Gasteiger partial charge in [-0.05, 0) is 30.0 Å². The highest BCUT2D eigenvalue weighted by Crippen LogP contribution is 2.13. The van der Waals surface area contributed by atoms with E-state index in [9.17, 15) is 0 Å². The lowest BCUT2D eigenvalue weighted by molar-refractivity contribution is 0.699. The third-order valence-electron chi connectivity index (χ3n) is 4.29. The summed E-state index contributed by atoms with van der Waals surface area (Å²) < 4.78 is 1.88. The number of guanidine groups is 1. The summed E-state index contributed by atoms with van der Waals surface area (Å²) in [7, 11) is 0. The average Bonchev–Trinajstić information content (AvgIpc) is 3.26. The SMILES string of the molecule is CCNC(=NCc1ccc(-n2ccnc2)nc1)NCC(C)c1ccccc1. The number of benzene rings is 1. The fourth-order valence-electron chi connectivity index (χ4n) is 2.72. The molecule has 2 heterocycles. The molecule has 0 aliphatic rings. The van der Waals surface area contributed by atoms with Gasteiger partial charge in [0.2, 0.25) is 0 Å². The van der Waals surface area contributed by atoms with Crippen LogP contribution < -0.4 is 10.6 Å². The fourth-order valence-corrected chi connectivity index (χ4v) is 2.72. The Kier molecular flexibility index (Phi) is 6.57. The van der Waals surface area contributed by atoms with E-state index in [1.54, 1.807) is 12.5 Å². The normalized spacial score (nSPS) is 12.6. The molecular formula is C21H26N6. The Morgan fingerprint density at radius 2 is 2.00 bits per heavy atom. The summed E-state index contributed by atoms with van der Waals surface area (Å²) in [4.78, 5) is 13.2. The first-order valence-corrected chi connectivity index (χ1v) is 9.26. The first-order chi connectivity index (χ1) is 13.3. The Morgan fingerprint density at radius 3 is 2.67 bits per heavy atom. The van der Waals surface area contributed by atoms with Crippen LogP contribution in [0.4, 0.5) is 0 Å². The predicted molar refractivity (Wildman–Crippen MR) is 109 cm³/mol. The highest BCUT2D eigenvalue weighted by atomic mass is 15.2. The van der Waals surface area contributed by atoms with Crippen LogP contribution in [0.15, 0.2) is 72.4 Å². The molecule has 3 aromatic rings. The number of imidazole rings is 1. The molecule has 0 saturated heterocycles. The van der Waals surface area contributed by atoms with E-state index in [1.807, 2.05) is 35.2 Å². The van der Waals surface area contributed by atoms with Gasteiger partial charge in [0.05, 0.1) is 6.54 Å². The van der Waals surface area contributed by atoms with E-state index >= 15 is 0 Å². The van der Waals surface area contributed by atoms with Gasteiger partial charge < -0.3 is 10.6 Å². The lowest BCUT2D eigenvalue weighted by Gasteiger charge is -2.16. The smallest absolute Gasteiger partial charge is 0.191 e. The number of aromatic nitrogens is 3. The van der Waals surface area contributed by atoms with Crippen LogP contribution in [0.2, 0.25) is 0 Å². The standard InChI is InChI=1S/C21H26N6/c1-3-23-21(25-13-17(2)19-7-5-4-6-8-19)26-15-18-9-10-20(24-14-18)27-12-11-22-16-27/h4-12,14,16-17H,3,13,15H2,1-2H3,(H2,23,25,26). The molecule has 27 heavy (non-hydrogen) atoms. The zero-order valence-electron chi connectivity index (χ0n) is 15.8. The van der Waals surface area contributed by atoms with E-state index in [0.717, 1.165) is 30.4 Å². The Balaban J connectivity index is 1.58. The second-order valence-corrected chi connectivity index (χ2v) is 6.38. The zero-order chi connectivity index (χ0) is 18.9. The lowest BCUT2D eigenvalue weighted by atomic mass is 10.0. The molecule has 0 saturated carbocycles. The maximum absolute atomic E-state index is 4.68. The molecule has 2 aromatic heterocycles. The maximum Gasteiger partial charge on any atom is 0.191 e.